The minimum Gasteiger partial charge on any atom is -0.308 e. The van der Waals surface area contributed by atoms with Crippen LogP contribution in [0.15, 0.2) is 109 Å². The molecule has 0 radical (unpaired) electrons. The van der Waals surface area contributed by atoms with Gasteiger partial charge in [-0.15, -0.1) is 0 Å². The summed E-state index contributed by atoms with van der Waals surface area (Å²) in [6, 6.07) is 37.1. The topological polar surface area (TPSA) is 48.0 Å². The largest absolute Gasteiger partial charge is 0.308 e. The molecular weight excluding hydrogens is 502 g/mol. The SMILES string of the molecule is Cc1nc(-n2c3cc4ccccc4cc3c3c4c5ccccc5n5c6ccccc6c(cc32)c45)nc2cccnc12. The predicted molar refractivity (Wildman–Crippen MR) is 169 cm³/mol. The highest BCUT2D eigenvalue weighted by Crippen LogP contribution is 2.46. The van der Waals surface area contributed by atoms with Crippen LogP contribution in [0.4, 0.5) is 0 Å². The average molecular weight is 524 g/mol. The number of hydrogen-bond donors (Lipinski definition) is 0. The highest BCUT2D eigenvalue weighted by atomic mass is 15.2. The van der Waals surface area contributed by atoms with Crippen LogP contribution < -0.4 is 0 Å². The molecular formula is C36H21N5. The zero-order valence-corrected chi connectivity index (χ0v) is 22.1. The van der Waals surface area contributed by atoms with Crippen LogP contribution in [0.3, 0.4) is 0 Å². The Morgan fingerprint density at radius 1 is 0.561 bits per heavy atom. The van der Waals surface area contributed by atoms with Gasteiger partial charge in [0.15, 0.2) is 0 Å². The standard InChI is InChI=1S/C36H21N5/c1-20-34-27(13-8-16-37-34)39-36(38-20)41-30-18-22-10-3-2-9-21(22)17-26(30)32-31(41)19-25-23-11-4-6-14-28(23)40-29-15-7-5-12-24(29)33(32)35(25)40/h2-19H,1H3. The van der Waals surface area contributed by atoms with Crippen molar-refractivity contribution in [2.24, 2.45) is 0 Å². The molecule has 0 N–H and O–H groups in total. The molecule has 0 unspecified atom stereocenters. The van der Waals surface area contributed by atoms with Crippen molar-refractivity contribution in [2.75, 3.05) is 0 Å². The normalized spacial score (nSPS) is 12.5. The van der Waals surface area contributed by atoms with Crippen LogP contribution in [0.5, 0.6) is 0 Å². The van der Waals surface area contributed by atoms with Gasteiger partial charge in [-0.25, -0.2) is 9.97 Å². The Kier molecular flexibility index (Phi) is 3.81. The van der Waals surface area contributed by atoms with E-state index in [0.717, 1.165) is 27.8 Å². The molecule has 0 spiro atoms. The molecule has 5 heteroatoms. The van der Waals surface area contributed by atoms with Crippen LogP contribution in [0.2, 0.25) is 0 Å². The average Bonchev–Trinajstić information content (AvgIpc) is 3.64. The van der Waals surface area contributed by atoms with E-state index >= 15 is 0 Å². The maximum Gasteiger partial charge on any atom is 0.235 e. The fourth-order valence-corrected chi connectivity index (χ4v) is 7.11. The van der Waals surface area contributed by atoms with Gasteiger partial charge in [0.05, 0.1) is 38.8 Å². The van der Waals surface area contributed by atoms with Crippen molar-refractivity contribution in [3.8, 4) is 5.95 Å². The first-order chi connectivity index (χ1) is 20.3. The second kappa shape index (κ2) is 7.34. The van der Waals surface area contributed by atoms with Crippen LogP contribution in [0, 0.1) is 6.92 Å². The van der Waals surface area contributed by atoms with Gasteiger partial charge in [0.2, 0.25) is 5.95 Å². The van der Waals surface area contributed by atoms with E-state index in [1.54, 1.807) is 6.20 Å². The van der Waals surface area contributed by atoms with Crippen LogP contribution in [0.1, 0.15) is 5.69 Å². The number of aromatic nitrogens is 5. The lowest BCUT2D eigenvalue weighted by atomic mass is 10.0. The van der Waals surface area contributed by atoms with Crippen molar-refractivity contribution in [2.45, 2.75) is 6.92 Å². The monoisotopic (exact) mass is 523 g/mol. The first-order valence-electron chi connectivity index (χ1n) is 13.9. The highest BCUT2D eigenvalue weighted by molar-refractivity contribution is 6.36. The van der Waals surface area contributed by atoms with Gasteiger partial charge >= 0.3 is 0 Å². The van der Waals surface area contributed by atoms with Gasteiger partial charge in [0, 0.05) is 38.5 Å². The Morgan fingerprint density at radius 3 is 2.15 bits per heavy atom. The lowest BCUT2D eigenvalue weighted by Gasteiger charge is -2.09. The van der Waals surface area contributed by atoms with Crippen molar-refractivity contribution < 1.29 is 0 Å². The molecule has 0 saturated heterocycles. The Labute approximate surface area is 233 Å². The van der Waals surface area contributed by atoms with E-state index in [9.17, 15) is 0 Å². The summed E-state index contributed by atoms with van der Waals surface area (Å²) in [7, 11) is 0. The van der Waals surface area contributed by atoms with Crippen LogP contribution in [-0.4, -0.2) is 23.9 Å². The first-order valence-corrected chi connectivity index (χ1v) is 13.9. The number of rotatable bonds is 1. The van der Waals surface area contributed by atoms with Gasteiger partial charge in [0.1, 0.15) is 5.52 Å². The molecule has 0 saturated carbocycles. The lowest BCUT2D eigenvalue weighted by molar-refractivity contribution is 0.984. The predicted octanol–water partition coefficient (Wildman–Crippen LogP) is 8.73. The van der Waals surface area contributed by atoms with E-state index in [4.69, 9.17) is 9.97 Å². The third-order valence-corrected chi connectivity index (χ3v) is 8.78. The molecule has 0 bridgehead atoms. The van der Waals surface area contributed by atoms with Gasteiger partial charge in [-0.05, 0) is 60.2 Å². The quantitative estimate of drug-likeness (QED) is 0.216. The molecule has 0 aliphatic carbocycles. The summed E-state index contributed by atoms with van der Waals surface area (Å²) in [5.41, 5.74) is 8.49. The Balaban J connectivity index is 1.53. The zero-order valence-electron chi connectivity index (χ0n) is 22.1. The maximum absolute atomic E-state index is 5.09. The summed E-state index contributed by atoms with van der Waals surface area (Å²) in [5.74, 6) is 0.667. The van der Waals surface area contributed by atoms with Crippen molar-refractivity contribution in [3.05, 3.63) is 115 Å². The van der Waals surface area contributed by atoms with Crippen molar-refractivity contribution in [1.29, 1.82) is 0 Å². The summed E-state index contributed by atoms with van der Waals surface area (Å²) in [4.78, 5) is 14.7. The fourth-order valence-electron chi connectivity index (χ4n) is 7.11. The van der Waals surface area contributed by atoms with E-state index in [-0.39, 0.29) is 0 Å². The van der Waals surface area contributed by atoms with E-state index in [2.05, 4.69) is 105 Å². The summed E-state index contributed by atoms with van der Waals surface area (Å²) in [5, 5.41) is 9.89. The van der Waals surface area contributed by atoms with Gasteiger partial charge in [0.25, 0.3) is 0 Å². The van der Waals surface area contributed by atoms with Gasteiger partial charge < -0.3 is 4.40 Å². The number of hydrogen-bond acceptors (Lipinski definition) is 3. The molecule has 10 aromatic rings. The molecule has 0 aliphatic heterocycles. The van der Waals surface area contributed by atoms with Crippen LogP contribution in [0.25, 0.3) is 87.7 Å². The summed E-state index contributed by atoms with van der Waals surface area (Å²) in [6.07, 6.45) is 1.80. The molecule has 5 aromatic heterocycles. The second-order valence-corrected chi connectivity index (χ2v) is 10.9. The molecule has 10 rings (SSSR count). The number of benzene rings is 5. The third-order valence-electron chi connectivity index (χ3n) is 8.78. The highest BCUT2D eigenvalue weighted by Gasteiger charge is 2.25. The summed E-state index contributed by atoms with van der Waals surface area (Å²) >= 11 is 0. The van der Waals surface area contributed by atoms with E-state index < -0.39 is 0 Å². The number of pyridine rings is 1. The van der Waals surface area contributed by atoms with E-state index in [1.807, 2.05) is 19.1 Å². The van der Waals surface area contributed by atoms with Gasteiger partial charge in [-0.3, -0.25) is 9.55 Å². The summed E-state index contributed by atoms with van der Waals surface area (Å²) in [6.45, 7) is 2.02. The van der Waals surface area contributed by atoms with Crippen LogP contribution >= 0.6 is 0 Å². The molecule has 5 nitrogen and oxygen atoms in total. The maximum atomic E-state index is 5.09. The molecule has 41 heavy (non-hydrogen) atoms. The van der Waals surface area contributed by atoms with Gasteiger partial charge in [-0.2, -0.15) is 0 Å². The van der Waals surface area contributed by atoms with E-state index in [0.29, 0.717) is 5.95 Å². The number of nitrogens with zero attached hydrogens (tertiary/aromatic N) is 5. The third kappa shape index (κ3) is 2.59. The zero-order chi connectivity index (χ0) is 26.8. The van der Waals surface area contributed by atoms with Crippen LogP contribution in [-0.2, 0) is 0 Å². The van der Waals surface area contributed by atoms with Crippen molar-refractivity contribution >= 4 is 81.7 Å². The minimum absolute atomic E-state index is 0.667. The molecule has 5 heterocycles. The first kappa shape index (κ1) is 21.3. The Hall–Kier alpha value is -5.55. The minimum atomic E-state index is 0.667. The number of para-hydroxylation sites is 2. The molecule has 5 aromatic carbocycles. The Bertz CT molecular complexity index is 2710. The van der Waals surface area contributed by atoms with E-state index in [1.165, 1.54) is 59.6 Å². The number of aryl methyl sites for hydroxylation is 1. The fraction of sp³-hybridized carbons (Fsp3) is 0.0278. The Morgan fingerprint density at radius 2 is 1.29 bits per heavy atom. The van der Waals surface area contributed by atoms with Crippen molar-refractivity contribution in [3.63, 3.8) is 0 Å². The number of fused-ring (bicyclic) bond motifs is 12. The summed E-state index contributed by atoms with van der Waals surface area (Å²) < 4.78 is 4.71. The second-order valence-electron chi connectivity index (χ2n) is 10.9. The molecule has 0 amide bonds. The van der Waals surface area contributed by atoms with Gasteiger partial charge in [-0.1, -0.05) is 60.7 Å². The molecule has 190 valence electrons. The van der Waals surface area contributed by atoms with Crippen molar-refractivity contribution in [1.82, 2.24) is 23.9 Å². The molecule has 0 atom stereocenters. The lowest BCUT2D eigenvalue weighted by Crippen LogP contribution is -2.04. The molecule has 0 aliphatic rings. The smallest absolute Gasteiger partial charge is 0.235 e. The molecule has 0 fully saturated rings.